The Morgan fingerprint density at radius 3 is 1.17 bits per heavy atom. The van der Waals surface area contributed by atoms with Crippen molar-refractivity contribution < 1.29 is 9.22 Å². The van der Waals surface area contributed by atoms with E-state index in [0.717, 1.165) is 0 Å². The monoisotopic (exact) mass is 439 g/mol. The summed E-state index contributed by atoms with van der Waals surface area (Å²) < 4.78 is 6.31. The van der Waals surface area contributed by atoms with Gasteiger partial charge in [-0.1, -0.05) is 143 Å². The maximum atomic E-state index is 12.3. The summed E-state index contributed by atoms with van der Waals surface area (Å²) in [5, 5.41) is 0. The fourth-order valence-electron chi connectivity index (χ4n) is 4.48. The van der Waals surface area contributed by atoms with Gasteiger partial charge in [-0.15, -0.1) is 0 Å². The zero-order valence-electron chi connectivity index (χ0n) is 21.2. The van der Waals surface area contributed by atoms with Crippen LogP contribution in [-0.2, 0) is 9.22 Å². The maximum Gasteiger partial charge on any atom is 0.296 e. The van der Waals surface area contributed by atoms with E-state index in [0.29, 0.717) is 0 Å². The van der Waals surface area contributed by atoms with E-state index in [9.17, 15) is 4.79 Å². The summed E-state index contributed by atoms with van der Waals surface area (Å²) in [7, 11) is -1.97. The number of carbonyl (C=O) groups excluding carboxylic acids is 1. The molecule has 0 unspecified atom stereocenters. The van der Waals surface area contributed by atoms with Gasteiger partial charge in [-0.2, -0.15) is 0 Å². The van der Waals surface area contributed by atoms with Crippen LogP contribution < -0.4 is 0 Å². The van der Waals surface area contributed by atoms with Crippen molar-refractivity contribution >= 4 is 14.3 Å². The van der Waals surface area contributed by atoms with Crippen molar-refractivity contribution in [3.63, 3.8) is 0 Å². The van der Waals surface area contributed by atoms with Crippen molar-refractivity contribution in [2.75, 3.05) is 0 Å². The molecule has 3 heteroatoms. The fourth-order valence-corrected chi connectivity index (χ4v) is 8.77. The van der Waals surface area contributed by atoms with E-state index < -0.39 is 8.32 Å². The molecule has 0 aromatic carbocycles. The van der Waals surface area contributed by atoms with Crippen molar-refractivity contribution in [1.29, 1.82) is 0 Å². The molecule has 0 heterocycles. The van der Waals surface area contributed by atoms with Crippen LogP contribution in [0.2, 0.25) is 18.1 Å². The van der Waals surface area contributed by atoms with Crippen molar-refractivity contribution in [1.82, 2.24) is 0 Å². The Kier molecular flexibility index (Phi) is 21.7. The van der Waals surface area contributed by atoms with Gasteiger partial charge in [-0.3, -0.25) is 4.79 Å². The van der Waals surface area contributed by atoms with Crippen molar-refractivity contribution in [2.45, 2.75) is 161 Å². The largest absolute Gasteiger partial charge is 0.519 e. The summed E-state index contributed by atoms with van der Waals surface area (Å²) >= 11 is 0. The van der Waals surface area contributed by atoms with Crippen LogP contribution in [-0.4, -0.2) is 14.3 Å². The molecule has 0 saturated carbocycles. The SMILES string of the molecule is C[CH]C(=O)O[Si](CCCCCCCC)(CCCCCCCC)CCCCCCCC. The third-order valence-electron chi connectivity index (χ3n) is 6.51. The van der Waals surface area contributed by atoms with Crippen LogP contribution in [0.15, 0.2) is 0 Å². The summed E-state index contributed by atoms with van der Waals surface area (Å²) in [6.45, 7) is 8.67. The molecule has 0 aliphatic heterocycles. The summed E-state index contributed by atoms with van der Waals surface area (Å²) in [5.74, 6) is -0.0513. The predicted molar refractivity (Wildman–Crippen MR) is 136 cm³/mol. The molecule has 0 N–H and O–H groups in total. The molecular weight excluding hydrogens is 384 g/mol. The van der Waals surface area contributed by atoms with Crippen molar-refractivity contribution in [3.8, 4) is 0 Å². The van der Waals surface area contributed by atoms with Gasteiger partial charge < -0.3 is 4.43 Å². The molecule has 0 bridgehead atoms. The van der Waals surface area contributed by atoms with E-state index in [1.54, 1.807) is 6.42 Å². The van der Waals surface area contributed by atoms with Crippen LogP contribution in [0.25, 0.3) is 0 Å². The van der Waals surface area contributed by atoms with Crippen LogP contribution >= 0.6 is 0 Å². The fraction of sp³-hybridized carbons (Fsp3) is 0.926. The molecule has 2 nitrogen and oxygen atoms in total. The number of hydrogen-bond donors (Lipinski definition) is 0. The van der Waals surface area contributed by atoms with Crippen LogP contribution in [0.5, 0.6) is 0 Å². The molecule has 0 aliphatic rings. The Hall–Kier alpha value is -0.313. The van der Waals surface area contributed by atoms with E-state index in [-0.39, 0.29) is 5.97 Å². The topological polar surface area (TPSA) is 26.3 Å². The lowest BCUT2D eigenvalue weighted by atomic mass is 10.1. The number of rotatable bonds is 23. The van der Waals surface area contributed by atoms with Crippen LogP contribution in [0.4, 0.5) is 0 Å². The van der Waals surface area contributed by atoms with E-state index in [2.05, 4.69) is 20.8 Å². The normalized spacial score (nSPS) is 11.7. The zero-order valence-corrected chi connectivity index (χ0v) is 22.2. The predicted octanol–water partition coefficient (Wildman–Crippen LogP) is 9.78. The molecule has 0 rings (SSSR count). The van der Waals surface area contributed by atoms with Crippen molar-refractivity contribution in [3.05, 3.63) is 6.42 Å². The molecule has 0 saturated heterocycles. The first-order chi connectivity index (χ1) is 14.6. The molecule has 0 fully saturated rings. The molecule has 0 aromatic heterocycles. The minimum absolute atomic E-state index is 0.0513. The first-order valence-electron chi connectivity index (χ1n) is 13.7. The van der Waals surface area contributed by atoms with Gasteiger partial charge in [-0.05, 0) is 18.1 Å². The summed E-state index contributed by atoms with van der Waals surface area (Å²) in [4.78, 5) is 12.3. The van der Waals surface area contributed by atoms with E-state index in [4.69, 9.17) is 4.43 Å². The Bertz CT molecular complexity index is 329. The van der Waals surface area contributed by atoms with Gasteiger partial charge in [0.25, 0.3) is 14.3 Å². The second-order valence-electron chi connectivity index (χ2n) is 9.45. The van der Waals surface area contributed by atoms with Crippen molar-refractivity contribution in [2.24, 2.45) is 0 Å². The number of hydrogen-bond acceptors (Lipinski definition) is 2. The minimum atomic E-state index is -1.97. The highest BCUT2D eigenvalue weighted by Crippen LogP contribution is 2.31. The van der Waals surface area contributed by atoms with E-state index in [1.165, 1.54) is 134 Å². The van der Waals surface area contributed by atoms with E-state index >= 15 is 0 Å². The molecule has 179 valence electrons. The van der Waals surface area contributed by atoms with Crippen LogP contribution in [0.3, 0.4) is 0 Å². The van der Waals surface area contributed by atoms with Crippen LogP contribution in [0.1, 0.15) is 143 Å². The Morgan fingerprint density at radius 2 is 0.867 bits per heavy atom. The quantitative estimate of drug-likeness (QED) is 0.117. The van der Waals surface area contributed by atoms with Gasteiger partial charge in [-0.25, -0.2) is 0 Å². The standard InChI is InChI=1S/C27H55O2Si/c1-5-9-12-15-18-21-24-30(29-27(28)8-4,25-22-19-16-13-10-6-2)26-23-20-17-14-11-7-3/h8H,5-7,9-26H2,1-4H3. The van der Waals surface area contributed by atoms with Gasteiger partial charge in [0.15, 0.2) is 0 Å². The van der Waals surface area contributed by atoms with Crippen LogP contribution in [0, 0.1) is 6.42 Å². The molecule has 0 spiro atoms. The average Bonchev–Trinajstić information content (AvgIpc) is 2.75. The second-order valence-corrected chi connectivity index (χ2v) is 13.5. The minimum Gasteiger partial charge on any atom is -0.519 e. The molecular formula is C27H55O2Si. The molecule has 0 amide bonds. The third-order valence-corrected chi connectivity index (χ3v) is 10.9. The average molecular weight is 440 g/mol. The van der Waals surface area contributed by atoms with Gasteiger partial charge in [0.1, 0.15) is 0 Å². The highest BCUT2D eigenvalue weighted by atomic mass is 28.4. The molecule has 30 heavy (non-hydrogen) atoms. The number of unbranched alkanes of at least 4 members (excludes halogenated alkanes) is 15. The summed E-state index contributed by atoms with van der Waals surface area (Å²) in [6.07, 6.45) is 25.5. The Labute approximate surface area is 191 Å². The molecule has 0 aromatic rings. The van der Waals surface area contributed by atoms with E-state index in [1.807, 2.05) is 6.92 Å². The zero-order chi connectivity index (χ0) is 22.3. The number of carbonyl (C=O) groups is 1. The van der Waals surface area contributed by atoms with Gasteiger partial charge >= 0.3 is 0 Å². The summed E-state index contributed by atoms with van der Waals surface area (Å²) in [5.41, 5.74) is 0. The first-order valence-corrected chi connectivity index (χ1v) is 16.2. The molecule has 0 aliphatic carbocycles. The van der Waals surface area contributed by atoms with Gasteiger partial charge in [0.05, 0.1) is 6.42 Å². The lowest BCUT2D eigenvalue weighted by molar-refractivity contribution is -0.131. The summed E-state index contributed by atoms with van der Waals surface area (Å²) in [6, 6.07) is 3.59. The van der Waals surface area contributed by atoms with Gasteiger partial charge in [0.2, 0.25) is 0 Å². The van der Waals surface area contributed by atoms with Gasteiger partial charge in [0, 0.05) is 0 Å². The highest BCUT2D eigenvalue weighted by Gasteiger charge is 2.36. The lowest BCUT2D eigenvalue weighted by Crippen LogP contribution is -2.40. The Morgan fingerprint density at radius 1 is 0.567 bits per heavy atom. The molecule has 0 atom stereocenters. The Balaban J connectivity index is 4.72. The maximum absolute atomic E-state index is 12.3. The third kappa shape index (κ3) is 17.4. The smallest absolute Gasteiger partial charge is 0.296 e. The first kappa shape index (κ1) is 29.7. The lowest BCUT2D eigenvalue weighted by Gasteiger charge is -2.31. The molecule has 1 radical (unpaired) electrons. The highest BCUT2D eigenvalue weighted by molar-refractivity contribution is 6.75. The second kappa shape index (κ2) is 21.9.